The van der Waals surface area contributed by atoms with E-state index in [1.54, 1.807) is 24.7 Å². The van der Waals surface area contributed by atoms with Crippen molar-refractivity contribution in [3.63, 3.8) is 0 Å². The first-order chi connectivity index (χ1) is 16.7. The molecule has 11 heteroatoms. The summed E-state index contributed by atoms with van der Waals surface area (Å²) in [4.78, 5) is 13.1. The van der Waals surface area contributed by atoms with Crippen LogP contribution in [0.3, 0.4) is 0 Å². The fourth-order valence-electron chi connectivity index (χ4n) is 3.77. The molecule has 0 N–H and O–H groups in total. The van der Waals surface area contributed by atoms with Crippen LogP contribution in [0.4, 0.5) is 0 Å². The highest BCUT2D eigenvalue weighted by atomic mass is 32.2. The fourth-order valence-corrected chi connectivity index (χ4v) is 4.40. The number of hydrogen-bond donors (Lipinski definition) is 0. The van der Waals surface area contributed by atoms with Crippen molar-refractivity contribution in [1.82, 2.24) is 15.2 Å². The highest BCUT2D eigenvalue weighted by Gasteiger charge is 2.36. The predicted octanol–water partition coefficient (Wildman–Crippen LogP) is 4.24. The van der Waals surface area contributed by atoms with Crippen LogP contribution >= 0.6 is 11.8 Å². The summed E-state index contributed by atoms with van der Waals surface area (Å²) >= 11 is 1.13. The number of hydrazone groups is 1. The van der Waals surface area contributed by atoms with E-state index in [9.17, 15) is 4.79 Å². The molecule has 0 saturated heterocycles. The van der Waals surface area contributed by atoms with Gasteiger partial charge >= 0.3 is 0 Å². The number of para-hydroxylation sites is 2. The molecule has 2 aliphatic rings. The van der Waals surface area contributed by atoms with Crippen molar-refractivity contribution < 1.29 is 27.5 Å². The SMILES string of the molecule is O=C(CSc1nnc(C2COc3ccccc3O2)o1)N1N=C(c2ccco2)CC1c1ccco1. The molecule has 4 aromatic rings. The Kier molecular flexibility index (Phi) is 5.30. The summed E-state index contributed by atoms with van der Waals surface area (Å²) in [5.74, 6) is 2.68. The summed E-state index contributed by atoms with van der Waals surface area (Å²) in [5, 5.41) is 14.3. The molecular weight excluding hydrogens is 460 g/mol. The van der Waals surface area contributed by atoms with E-state index < -0.39 is 6.10 Å². The van der Waals surface area contributed by atoms with Crippen molar-refractivity contribution in [2.75, 3.05) is 12.4 Å². The van der Waals surface area contributed by atoms with Crippen molar-refractivity contribution in [1.29, 1.82) is 0 Å². The number of nitrogens with zero attached hydrogens (tertiary/aromatic N) is 4. The molecule has 0 bridgehead atoms. The third-order valence-electron chi connectivity index (χ3n) is 5.37. The third-order valence-corrected chi connectivity index (χ3v) is 6.17. The van der Waals surface area contributed by atoms with E-state index in [4.69, 9.17) is 22.7 Å². The van der Waals surface area contributed by atoms with Gasteiger partial charge in [-0.1, -0.05) is 23.9 Å². The zero-order valence-electron chi connectivity index (χ0n) is 17.7. The van der Waals surface area contributed by atoms with Gasteiger partial charge in [-0.15, -0.1) is 10.2 Å². The van der Waals surface area contributed by atoms with Gasteiger partial charge in [0.25, 0.3) is 17.0 Å². The Morgan fingerprint density at radius 1 is 1.03 bits per heavy atom. The van der Waals surface area contributed by atoms with Gasteiger partial charge in [-0.05, 0) is 36.4 Å². The molecule has 3 aromatic heterocycles. The number of carbonyl (C=O) groups is 1. The van der Waals surface area contributed by atoms with Crippen LogP contribution in [-0.2, 0) is 4.79 Å². The average molecular weight is 478 g/mol. The second-order valence-electron chi connectivity index (χ2n) is 7.56. The Labute approximate surface area is 197 Å². The Morgan fingerprint density at radius 2 is 1.88 bits per heavy atom. The quantitative estimate of drug-likeness (QED) is 0.375. The number of furan rings is 2. The Bertz CT molecular complexity index is 1320. The van der Waals surface area contributed by atoms with Crippen LogP contribution in [0.1, 0.15) is 36.0 Å². The van der Waals surface area contributed by atoms with E-state index in [0.29, 0.717) is 35.2 Å². The first-order valence-electron chi connectivity index (χ1n) is 10.6. The van der Waals surface area contributed by atoms with Gasteiger partial charge in [-0.2, -0.15) is 5.10 Å². The highest BCUT2D eigenvalue weighted by Crippen LogP contribution is 2.37. The van der Waals surface area contributed by atoms with Crippen LogP contribution in [0.25, 0.3) is 0 Å². The van der Waals surface area contributed by atoms with E-state index in [-0.39, 0.29) is 35.4 Å². The molecule has 1 amide bonds. The number of rotatable bonds is 6. The topological polar surface area (TPSA) is 116 Å². The van der Waals surface area contributed by atoms with Gasteiger partial charge in [0.1, 0.15) is 29.9 Å². The van der Waals surface area contributed by atoms with Crippen LogP contribution in [0.2, 0.25) is 0 Å². The number of aromatic nitrogens is 2. The third kappa shape index (κ3) is 3.94. The summed E-state index contributed by atoms with van der Waals surface area (Å²) < 4.78 is 28.3. The summed E-state index contributed by atoms with van der Waals surface area (Å²) in [7, 11) is 0. The minimum Gasteiger partial charge on any atom is -0.485 e. The number of carbonyl (C=O) groups excluding carboxylic acids is 1. The van der Waals surface area contributed by atoms with Gasteiger partial charge in [0, 0.05) is 6.42 Å². The smallest absolute Gasteiger partial charge is 0.277 e. The van der Waals surface area contributed by atoms with Crippen molar-refractivity contribution in [2.24, 2.45) is 5.10 Å². The number of amides is 1. The summed E-state index contributed by atoms with van der Waals surface area (Å²) in [6, 6.07) is 14.2. The summed E-state index contributed by atoms with van der Waals surface area (Å²) in [6.07, 6.45) is 3.12. The lowest BCUT2D eigenvalue weighted by Gasteiger charge is -2.23. The lowest BCUT2D eigenvalue weighted by molar-refractivity contribution is -0.130. The lowest BCUT2D eigenvalue weighted by Crippen LogP contribution is -2.28. The molecule has 5 heterocycles. The molecule has 172 valence electrons. The van der Waals surface area contributed by atoms with Gasteiger partial charge in [-0.25, -0.2) is 5.01 Å². The number of thioether (sulfide) groups is 1. The molecule has 2 aliphatic heterocycles. The maximum absolute atomic E-state index is 13.1. The Balaban J connectivity index is 1.13. The minimum absolute atomic E-state index is 0.0542. The highest BCUT2D eigenvalue weighted by molar-refractivity contribution is 7.99. The molecule has 2 atom stereocenters. The van der Waals surface area contributed by atoms with Crippen LogP contribution in [0.15, 0.2) is 84.6 Å². The van der Waals surface area contributed by atoms with Crippen LogP contribution in [0.5, 0.6) is 11.5 Å². The van der Waals surface area contributed by atoms with Gasteiger partial charge in [0.05, 0.1) is 18.3 Å². The van der Waals surface area contributed by atoms with Gasteiger partial charge in [0.15, 0.2) is 11.5 Å². The molecule has 0 saturated carbocycles. The average Bonchev–Trinajstić information content (AvgIpc) is 3.68. The zero-order chi connectivity index (χ0) is 22.9. The number of fused-ring (bicyclic) bond motifs is 1. The predicted molar refractivity (Wildman–Crippen MR) is 118 cm³/mol. The minimum atomic E-state index is -0.519. The monoisotopic (exact) mass is 478 g/mol. The Morgan fingerprint density at radius 3 is 2.71 bits per heavy atom. The molecule has 6 rings (SSSR count). The van der Waals surface area contributed by atoms with Crippen molar-refractivity contribution in [2.45, 2.75) is 23.8 Å². The summed E-state index contributed by atoms with van der Waals surface area (Å²) in [5.41, 5.74) is 0.680. The second kappa shape index (κ2) is 8.75. The van der Waals surface area contributed by atoms with Gasteiger partial charge in [0.2, 0.25) is 6.10 Å². The number of hydrogen-bond acceptors (Lipinski definition) is 10. The molecule has 0 radical (unpaired) electrons. The number of benzene rings is 1. The molecule has 34 heavy (non-hydrogen) atoms. The standard InChI is InChI=1S/C23H18N4O6S/c28-21(27-15(17-8-4-10-30-17)11-14(26-27)16-7-3-9-29-16)13-34-23-25-24-22(33-23)20-12-31-18-5-1-2-6-19(18)32-20/h1-10,15,20H,11-13H2. The molecule has 0 spiro atoms. The van der Waals surface area contributed by atoms with Crippen LogP contribution in [0, 0.1) is 0 Å². The molecule has 1 aromatic carbocycles. The Hall–Kier alpha value is -3.99. The largest absolute Gasteiger partial charge is 0.485 e. The van der Waals surface area contributed by atoms with E-state index in [0.717, 1.165) is 11.8 Å². The second-order valence-corrected chi connectivity index (χ2v) is 8.48. The van der Waals surface area contributed by atoms with Gasteiger partial charge in [-0.3, -0.25) is 4.79 Å². The van der Waals surface area contributed by atoms with E-state index >= 15 is 0 Å². The van der Waals surface area contributed by atoms with E-state index in [1.165, 1.54) is 5.01 Å². The number of ether oxygens (including phenoxy) is 2. The molecule has 2 unspecified atom stereocenters. The first kappa shape index (κ1) is 20.6. The summed E-state index contributed by atoms with van der Waals surface area (Å²) in [6.45, 7) is 0.255. The van der Waals surface area contributed by atoms with Crippen LogP contribution < -0.4 is 9.47 Å². The van der Waals surface area contributed by atoms with E-state index in [1.807, 2.05) is 36.4 Å². The van der Waals surface area contributed by atoms with Crippen molar-refractivity contribution in [3.05, 3.63) is 78.5 Å². The van der Waals surface area contributed by atoms with Crippen LogP contribution in [-0.4, -0.2) is 39.2 Å². The fraction of sp³-hybridized carbons (Fsp3) is 0.217. The molecule has 0 aliphatic carbocycles. The normalized spacial score (nSPS) is 19.3. The molecular formula is C23H18N4O6S. The van der Waals surface area contributed by atoms with Gasteiger partial charge < -0.3 is 22.7 Å². The van der Waals surface area contributed by atoms with Crippen molar-refractivity contribution >= 4 is 23.4 Å². The zero-order valence-corrected chi connectivity index (χ0v) is 18.5. The first-order valence-corrected chi connectivity index (χ1v) is 11.5. The maximum atomic E-state index is 13.1. The lowest BCUT2D eigenvalue weighted by atomic mass is 10.1. The van der Waals surface area contributed by atoms with Crippen molar-refractivity contribution in [3.8, 4) is 11.5 Å². The maximum Gasteiger partial charge on any atom is 0.277 e. The van der Waals surface area contributed by atoms with E-state index in [2.05, 4.69) is 15.3 Å². The molecule has 10 nitrogen and oxygen atoms in total. The molecule has 0 fully saturated rings.